The van der Waals surface area contributed by atoms with Crippen LogP contribution in [0.25, 0.3) is 0 Å². The van der Waals surface area contributed by atoms with Gasteiger partial charge in [-0.05, 0) is 24.3 Å². The fourth-order valence-corrected chi connectivity index (χ4v) is 2.99. The maximum Gasteiger partial charge on any atom is 0.251 e. The van der Waals surface area contributed by atoms with Crippen LogP contribution >= 0.6 is 11.3 Å². The Bertz CT molecular complexity index is 526. The number of hydrogen-bond acceptors (Lipinski definition) is 5. The van der Waals surface area contributed by atoms with Gasteiger partial charge in [0.15, 0.2) is 5.78 Å². The van der Waals surface area contributed by atoms with E-state index in [1.54, 1.807) is 6.07 Å². The number of carbonyl (C=O) groups excluding carboxylic acids is 2. The maximum atomic E-state index is 12.3. The summed E-state index contributed by atoms with van der Waals surface area (Å²) in [7, 11) is 0. The molecule has 6 heteroatoms. The largest absolute Gasteiger partial charge is 0.381 e. The van der Waals surface area contributed by atoms with Crippen LogP contribution in [0.5, 0.6) is 0 Å². The second-order valence-corrected chi connectivity index (χ2v) is 7.33. The zero-order valence-electron chi connectivity index (χ0n) is 13.3. The van der Waals surface area contributed by atoms with Gasteiger partial charge in [-0.15, -0.1) is 11.3 Å². The third-order valence-electron chi connectivity index (χ3n) is 3.46. The van der Waals surface area contributed by atoms with Crippen molar-refractivity contribution in [3.05, 3.63) is 17.0 Å². The van der Waals surface area contributed by atoms with Crippen LogP contribution in [0.15, 0.2) is 11.4 Å². The molecule has 0 aromatic carbocycles. The highest BCUT2D eigenvalue weighted by atomic mass is 32.1. The first kappa shape index (κ1) is 17.1. The van der Waals surface area contributed by atoms with Crippen LogP contribution in [0.3, 0.4) is 0 Å². The van der Waals surface area contributed by atoms with E-state index in [0.717, 1.165) is 12.8 Å². The molecular weight excluding hydrogens is 302 g/mol. The molecule has 0 unspecified atom stereocenters. The standard InChI is InChI=1S/C16H23NO4S/c1-16(2,3)14(19)12-6-9-22-15(12)17-13(18)10-21-11-4-7-20-8-5-11/h6,9,11H,4-5,7-8,10H2,1-3H3,(H,17,18). The van der Waals surface area contributed by atoms with Gasteiger partial charge in [0.25, 0.3) is 5.91 Å². The number of anilines is 1. The second kappa shape index (κ2) is 7.35. The summed E-state index contributed by atoms with van der Waals surface area (Å²) in [5.41, 5.74) is 0.0935. The lowest BCUT2D eigenvalue weighted by Gasteiger charge is -2.22. The number of nitrogens with one attached hydrogen (secondary N) is 1. The van der Waals surface area contributed by atoms with E-state index in [-0.39, 0.29) is 24.4 Å². The molecule has 1 aromatic heterocycles. The smallest absolute Gasteiger partial charge is 0.251 e. The summed E-state index contributed by atoms with van der Waals surface area (Å²) in [5, 5.41) is 5.20. The summed E-state index contributed by atoms with van der Waals surface area (Å²) in [6.45, 7) is 6.97. The summed E-state index contributed by atoms with van der Waals surface area (Å²) in [6, 6.07) is 1.76. The molecule has 0 radical (unpaired) electrons. The zero-order valence-corrected chi connectivity index (χ0v) is 14.1. The number of hydrogen-bond donors (Lipinski definition) is 1. The fraction of sp³-hybridized carbons (Fsp3) is 0.625. The number of thiophene rings is 1. The first-order valence-corrected chi connectivity index (χ1v) is 8.37. The third kappa shape index (κ3) is 4.63. The molecule has 1 aliphatic rings. The topological polar surface area (TPSA) is 64.6 Å². The van der Waals surface area contributed by atoms with Crippen molar-refractivity contribution in [2.75, 3.05) is 25.1 Å². The SMILES string of the molecule is CC(C)(C)C(=O)c1ccsc1NC(=O)COC1CCOCC1. The molecule has 0 atom stereocenters. The van der Waals surface area contributed by atoms with Crippen molar-refractivity contribution in [3.8, 4) is 0 Å². The van der Waals surface area contributed by atoms with Gasteiger partial charge < -0.3 is 14.8 Å². The maximum absolute atomic E-state index is 12.3. The van der Waals surface area contributed by atoms with E-state index in [9.17, 15) is 9.59 Å². The normalized spacial score (nSPS) is 16.5. The predicted octanol–water partition coefficient (Wildman–Crippen LogP) is 3.11. The monoisotopic (exact) mass is 325 g/mol. The Morgan fingerprint density at radius 1 is 1.36 bits per heavy atom. The average Bonchev–Trinajstić information content (AvgIpc) is 2.92. The van der Waals surface area contributed by atoms with Gasteiger partial charge in [0.2, 0.25) is 0 Å². The van der Waals surface area contributed by atoms with Crippen molar-refractivity contribution in [3.63, 3.8) is 0 Å². The van der Waals surface area contributed by atoms with E-state index in [4.69, 9.17) is 9.47 Å². The third-order valence-corrected chi connectivity index (χ3v) is 4.29. The van der Waals surface area contributed by atoms with Crippen LogP contribution in [0.4, 0.5) is 5.00 Å². The molecule has 1 amide bonds. The van der Waals surface area contributed by atoms with Crippen LogP contribution in [0, 0.1) is 5.41 Å². The molecule has 2 heterocycles. The molecule has 1 aromatic rings. The highest BCUT2D eigenvalue weighted by Gasteiger charge is 2.26. The van der Waals surface area contributed by atoms with Crippen LogP contribution < -0.4 is 5.32 Å². The van der Waals surface area contributed by atoms with Gasteiger partial charge in [0.05, 0.1) is 11.7 Å². The molecule has 1 aliphatic heterocycles. The Labute approximate surface area is 135 Å². The molecule has 122 valence electrons. The van der Waals surface area contributed by atoms with Gasteiger partial charge in [-0.3, -0.25) is 9.59 Å². The van der Waals surface area contributed by atoms with Crippen molar-refractivity contribution in [2.24, 2.45) is 5.41 Å². The number of amides is 1. The van der Waals surface area contributed by atoms with Crippen LogP contribution in [0.1, 0.15) is 44.0 Å². The zero-order chi connectivity index (χ0) is 16.2. The van der Waals surface area contributed by atoms with E-state index in [1.807, 2.05) is 26.2 Å². The highest BCUT2D eigenvalue weighted by Crippen LogP contribution is 2.30. The van der Waals surface area contributed by atoms with Crippen LogP contribution in [-0.2, 0) is 14.3 Å². The van der Waals surface area contributed by atoms with E-state index in [2.05, 4.69) is 5.32 Å². The Hall–Kier alpha value is -1.24. The van der Waals surface area contributed by atoms with Crippen molar-refractivity contribution in [1.82, 2.24) is 0 Å². The number of carbonyl (C=O) groups is 2. The number of ether oxygens (including phenoxy) is 2. The number of Topliss-reactive ketones (excluding diaryl/α,β-unsaturated/α-hetero) is 1. The minimum absolute atomic E-state index is 0.00567. The quantitative estimate of drug-likeness (QED) is 0.845. The van der Waals surface area contributed by atoms with E-state index < -0.39 is 5.41 Å². The van der Waals surface area contributed by atoms with E-state index >= 15 is 0 Å². The summed E-state index contributed by atoms with van der Waals surface area (Å²) in [5.74, 6) is -0.203. The summed E-state index contributed by atoms with van der Waals surface area (Å²) in [6.07, 6.45) is 1.72. The van der Waals surface area contributed by atoms with Gasteiger partial charge in [-0.2, -0.15) is 0 Å². The minimum Gasteiger partial charge on any atom is -0.381 e. The Balaban J connectivity index is 1.89. The molecule has 2 rings (SSSR count). The molecular formula is C16H23NO4S. The number of rotatable bonds is 5. The van der Waals surface area contributed by atoms with Gasteiger partial charge in [-0.25, -0.2) is 0 Å². The summed E-state index contributed by atoms with van der Waals surface area (Å²) < 4.78 is 10.8. The van der Waals surface area contributed by atoms with Gasteiger partial charge in [-0.1, -0.05) is 20.8 Å². The molecule has 0 aliphatic carbocycles. The summed E-state index contributed by atoms with van der Waals surface area (Å²) in [4.78, 5) is 24.4. The first-order valence-electron chi connectivity index (χ1n) is 7.49. The lowest BCUT2D eigenvalue weighted by atomic mass is 9.87. The van der Waals surface area contributed by atoms with Crippen molar-refractivity contribution in [1.29, 1.82) is 0 Å². The lowest BCUT2D eigenvalue weighted by molar-refractivity contribution is -0.124. The van der Waals surface area contributed by atoms with E-state index in [1.165, 1.54) is 11.3 Å². The average molecular weight is 325 g/mol. The molecule has 0 bridgehead atoms. The molecule has 1 saturated heterocycles. The Morgan fingerprint density at radius 2 is 2.05 bits per heavy atom. The molecule has 5 nitrogen and oxygen atoms in total. The lowest BCUT2D eigenvalue weighted by Crippen LogP contribution is -2.28. The second-order valence-electron chi connectivity index (χ2n) is 6.41. The van der Waals surface area contributed by atoms with Crippen LogP contribution in [-0.4, -0.2) is 37.6 Å². The van der Waals surface area contributed by atoms with Crippen LogP contribution in [0.2, 0.25) is 0 Å². The fourth-order valence-electron chi connectivity index (χ4n) is 2.19. The Morgan fingerprint density at radius 3 is 2.68 bits per heavy atom. The van der Waals surface area contributed by atoms with Crippen molar-refractivity contribution in [2.45, 2.75) is 39.7 Å². The predicted molar refractivity (Wildman–Crippen MR) is 86.5 cm³/mol. The summed E-state index contributed by atoms with van der Waals surface area (Å²) >= 11 is 1.36. The van der Waals surface area contributed by atoms with Gasteiger partial charge >= 0.3 is 0 Å². The molecule has 22 heavy (non-hydrogen) atoms. The van der Waals surface area contributed by atoms with Crippen molar-refractivity contribution >= 4 is 28.0 Å². The molecule has 1 fully saturated rings. The highest BCUT2D eigenvalue weighted by molar-refractivity contribution is 7.14. The minimum atomic E-state index is -0.473. The van der Waals surface area contributed by atoms with Crippen molar-refractivity contribution < 1.29 is 19.1 Å². The molecule has 1 N–H and O–H groups in total. The van der Waals surface area contributed by atoms with Gasteiger partial charge in [0, 0.05) is 18.6 Å². The number of ketones is 1. The Kier molecular flexibility index (Phi) is 5.72. The molecule has 0 spiro atoms. The molecule has 0 saturated carbocycles. The first-order chi connectivity index (χ1) is 10.4. The van der Waals surface area contributed by atoms with Gasteiger partial charge in [0.1, 0.15) is 11.6 Å². The van der Waals surface area contributed by atoms with E-state index in [0.29, 0.717) is 23.8 Å².